The van der Waals surface area contributed by atoms with E-state index in [-0.39, 0.29) is 11.7 Å². The van der Waals surface area contributed by atoms with Crippen LogP contribution in [0.2, 0.25) is 0 Å². The van der Waals surface area contributed by atoms with Gasteiger partial charge in [0.15, 0.2) is 5.78 Å². The number of methoxy groups -OCH3 is 1. The first-order chi connectivity index (χ1) is 15.0. The highest BCUT2D eigenvalue weighted by atomic mass is 79.9. The van der Waals surface area contributed by atoms with Gasteiger partial charge in [0.05, 0.1) is 12.2 Å². The summed E-state index contributed by atoms with van der Waals surface area (Å²) in [6.07, 6.45) is 3.44. The largest absolute Gasteiger partial charge is 0.383 e. The molecule has 3 aromatic rings. The quantitative estimate of drug-likeness (QED) is 0.412. The van der Waals surface area contributed by atoms with Crippen LogP contribution in [0.25, 0.3) is 11.3 Å². The molecule has 0 spiro atoms. The number of H-pyrrole nitrogens is 1. The number of unbranched alkanes of at least 4 members (excludes halogenated alkanes) is 1. The number of ether oxygens (including phenoxy) is 1. The van der Waals surface area contributed by atoms with Crippen LogP contribution in [-0.4, -0.2) is 53.5 Å². The maximum Gasteiger partial charge on any atom is 0.270 e. The normalized spacial score (nSPS) is 11.0. The molecule has 0 aliphatic rings. The molecule has 0 saturated heterocycles. The Morgan fingerprint density at radius 2 is 1.97 bits per heavy atom. The van der Waals surface area contributed by atoms with Gasteiger partial charge in [-0.05, 0) is 31.5 Å². The van der Waals surface area contributed by atoms with Crippen LogP contribution >= 0.6 is 15.9 Å². The van der Waals surface area contributed by atoms with Gasteiger partial charge in [-0.2, -0.15) is 0 Å². The van der Waals surface area contributed by atoms with Gasteiger partial charge in [0.2, 0.25) is 0 Å². The average Bonchev–Trinajstić information content (AvgIpc) is 3.41. The van der Waals surface area contributed by atoms with Crippen molar-refractivity contribution in [2.75, 3.05) is 26.8 Å². The van der Waals surface area contributed by atoms with E-state index in [1.807, 2.05) is 24.3 Å². The minimum absolute atomic E-state index is 0.153. The molecule has 0 unspecified atom stereocenters. The van der Waals surface area contributed by atoms with E-state index < -0.39 is 0 Å². The molecule has 164 valence electrons. The lowest BCUT2D eigenvalue weighted by atomic mass is 9.99. The molecule has 0 fully saturated rings. The van der Waals surface area contributed by atoms with Crippen molar-refractivity contribution in [1.82, 2.24) is 15.0 Å². The Labute approximate surface area is 189 Å². The minimum Gasteiger partial charge on any atom is -0.383 e. The Morgan fingerprint density at radius 1 is 1.23 bits per heavy atom. The number of aryl methyl sites for hydroxylation is 1. The van der Waals surface area contributed by atoms with Crippen LogP contribution in [0.1, 0.15) is 51.9 Å². The molecule has 31 heavy (non-hydrogen) atoms. The highest BCUT2D eigenvalue weighted by molar-refractivity contribution is 9.10. The van der Waals surface area contributed by atoms with E-state index in [0.29, 0.717) is 48.0 Å². The predicted molar refractivity (Wildman–Crippen MR) is 121 cm³/mol. The molecule has 3 rings (SSSR count). The van der Waals surface area contributed by atoms with Gasteiger partial charge in [-0.3, -0.25) is 9.59 Å². The van der Waals surface area contributed by atoms with Gasteiger partial charge >= 0.3 is 0 Å². The zero-order chi connectivity index (χ0) is 22.4. The lowest BCUT2D eigenvalue weighted by Crippen LogP contribution is -2.35. The van der Waals surface area contributed by atoms with E-state index in [1.165, 1.54) is 0 Å². The third-order valence-electron chi connectivity index (χ3n) is 5.02. The van der Waals surface area contributed by atoms with Crippen molar-refractivity contribution in [2.24, 2.45) is 0 Å². The summed E-state index contributed by atoms with van der Waals surface area (Å²) in [6.45, 7) is 5.38. The van der Waals surface area contributed by atoms with Crippen molar-refractivity contribution < 1.29 is 18.8 Å². The summed E-state index contributed by atoms with van der Waals surface area (Å²) in [6, 6.07) is 9.09. The molecule has 0 aliphatic heterocycles. The van der Waals surface area contributed by atoms with Crippen molar-refractivity contribution in [3.05, 3.63) is 63.6 Å². The smallest absolute Gasteiger partial charge is 0.270 e. The van der Waals surface area contributed by atoms with E-state index in [0.717, 1.165) is 22.9 Å². The van der Waals surface area contributed by atoms with Crippen LogP contribution in [0.15, 0.2) is 45.5 Å². The second-order valence-corrected chi connectivity index (χ2v) is 8.15. The number of hydrogen-bond donors (Lipinski definition) is 1. The Hall–Kier alpha value is -2.71. The molecule has 0 saturated carbocycles. The predicted octanol–water partition coefficient (Wildman–Crippen LogP) is 4.86. The Bertz CT molecular complexity index is 1030. The fraction of sp³-hybridized carbons (Fsp3) is 0.348. The summed E-state index contributed by atoms with van der Waals surface area (Å²) < 4.78 is 11.4. The van der Waals surface area contributed by atoms with Crippen LogP contribution in [0.5, 0.6) is 0 Å². The molecule has 1 amide bonds. The number of benzene rings is 1. The Kier molecular flexibility index (Phi) is 7.81. The number of halogens is 1. The molecule has 1 aromatic carbocycles. The number of carbonyl (C=O) groups excluding carboxylic acids is 2. The Balaban J connectivity index is 1.86. The molecule has 2 heterocycles. The van der Waals surface area contributed by atoms with Crippen LogP contribution in [0, 0.1) is 6.92 Å². The minimum atomic E-state index is -0.246. The van der Waals surface area contributed by atoms with Gasteiger partial charge in [0.25, 0.3) is 5.91 Å². The first-order valence-electron chi connectivity index (χ1n) is 10.2. The summed E-state index contributed by atoms with van der Waals surface area (Å²) in [7, 11) is 1.61. The summed E-state index contributed by atoms with van der Waals surface area (Å²) >= 11 is 3.41. The monoisotopic (exact) mass is 487 g/mol. The van der Waals surface area contributed by atoms with Crippen LogP contribution in [0.3, 0.4) is 0 Å². The summed E-state index contributed by atoms with van der Waals surface area (Å²) in [5.74, 6) is 0.0327. The van der Waals surface area contributed by atoms with Crippen molar-refractivity contribution in [1.29, 1.82) is 0 Å². The SMILES string of the molecule is CCCCN(CCOC)C(=O)c1cc(C(=O)c2c(-c3ccc(Br)cc3)noc2C)c[nH]1. The van der Waals surface area contributed by atoms with Crippen LogP contribution < -0.4 is 0 Å². The number of nitrogens with zero attached hydrogens (tertiary/aromatic N) is 2. The highest BCUT2D eigenvalue weighted by Crippen LogP contribution is 2.28. The number of nitrogens with one attached hydrogen (secondary N) is 1. The number of amides is 1. The number of carbonyl (C=O) groups is 2. The van der Waals surface area contributed by atoms with Crippen molar-refractivity contribution in [3.8, 4) is 11.3 Å². The first-order valence-corrected chi connectivity index (χ1v) is 11.0. The average molecular weight is 488 g/mol. The maximum atomic E-state index is 13.3. The third-order valence-corrected chi connectivity index (χ3v) is 5.55. The topological polar surface area (TPSA) is 88.4 Å². The zero-order valence-corrected chi connectivity index (χ0v) is 19.5. The molecular weight excluding hydrogens is 462 g/mol. The molecule has 8 heteroatoms. The van der Waals surface area contributed by atoms with Crippen molar-refractivity contribution in [2.45, 2.75) is 26.7 Å². The lowest BCUT2D eigenvalue weighted by molar-refractivity contribution is 0.0688. The van der Waals surface area contributed by atoms with Gasteiger partial charge in [-0.25, -0.2) is 0 Å². The van der Waals surface area contributed by atoms with Gasteiger partial charge < -0.3 is 19.1 Å². The van der Waals surface area contributed by atoms with E-state index in [1.54, 1.807) is 31.2 Å². The summed E-state index contributed by atoms with van der Waals surface area (Å²) in [4.78, 5) is 30.9. The molecule has 0 atom stereocenters. The highest BCUT2D eigenvalue weighted by Gasteiger charge is 2.25. The molecule has 0 bridgehead atoms. The molecule has 0 radical (unpaired) electrons. The molecule has 1 N–H and O–H groups in total. The standard InChI is InChI=1S/C23H26BrN3O4/c1-4-5-10-27(11-12-30-3)23(29)19-13-17(14-25-19)22(28)20-15(2)31-26-21(20)16-6-8-18(24)9-7-16/h6-9,13-14,25H,4-5,10-12H2,1-3H3. The lowest BCUT2D eigenvalue weighted by Gasteiger charge is -2.21. The first kappa shape index (κ1) is 23.0. The van der Waals surface area contributed by atoms with Gasteiger partial charge in [-0.15, -0.1) is 0 Å². The molecular formula is C23H26BrN3O4. The number of aromatic nitrogens is 2. The Morgan fingerprint density at radius 3 is 2.65 bits per heavy atom. The molecule has 7 nitrogen and oxygen atoms in total. The van der Waals surface area contributed by atoms with Gasteiger partial charge in [0.1, 0.15) is 17.1 Å². The van der Waals surface area contributed by atoms with Crippen LogP contribution in [0.4, 0.5) is 0 Å². The number of rotatable bonds is 10. The number of ketones is 1. The molecule has 2 aromatic heterocycles. The van der Waals surface area contributed by atoms with Crippen molar-refractivity contribution in [3.63, 3.8) is 0 Å². The molecule has 0 aliphatic carbocycles. The number of hydrogen-bond acceptors (Lipinski definition) is 5. The van der Waals surface area contributed by atoms with E-state index >= 15 is 0 Å². The van der Waals surface area contributed by atoms with E-state index in [2.05, 4.69) is 33.0 Å². The fourth-order valence-corrected chi connectivity index (χ4v) is 3.54. The van der Waals surface area contributed by atoms with Crippen LogP contribution in [-0.2, 0) is 4.74 Å². The third kappa shape index (κ3) is 5.32. The summed E-state index contributed by atoms with van der Waals surface area (Å²) in [5, 5.41) is 4.09. The number of aromatic amines is 1. The zero-order valence-electron chi connectivity index (χ0n) is 17.9. The van der Waals surface area contributed by atoms with Gasteiger partial charge in [0, 0.05) is 42.0 Å². The second-order valence-electron chi connectivity index (χ2n) is 7.24. The van der Waals surface area contributed by atoms with Gasteiger partial charge in [-0.1, -0.05) is 46.6 Å². The van der Waals surface area contributed by atoms with Crippen molar-refractivity contribution >= 4 is 27.6 Å². The van der Waals surface area contributed by atoms with E-state index in [9.17, 15) is 9.59 Å². The maximum absolute atomic E-state index is 13.3. The summed E-state index contributed by atoms with van der Waals surface area (Å²) in [5.41, 5.74) is 2.40. The fourth-order valence-electron chi connectivity index (χ4n) is 3.27. The van der Waals surface area contributed by atoms with E-state index in [4.69, 9.17) is 9.26 Å². The second kappa shape index (κ2) is 10.5.